The number of pyridine rings is 1. The zero-order chi connectivity index (χ0) is 15.1. The molecule has 22 heavy (non-hydrogen) atoms. The molecule has 0 radical (unpaired) electrons. The first-order valence-electron chi connectivity index (χ1n) is 7.38. The third-order valence-electron chi connectivity index (χ3n) is 3.90. The maximum absolute atomic E-state index is 4.80. The van der Waals surface area contributed by atoms with Gasteiger partial charge in [-0.15, -0.1) is 0 Å². The Hall–Kier alpha value is -2.53. The van der Waals surface area contributed by atoms with Crippen LogP contribution in [0.15, 0.2) is 42.6 Å². The third kappa shape index (κ3) is 2.02. The van der Waals surface area contributed by atoms with Gasteiger partial charge < -0.3 is 9.47 Å². The molecule has 0 unspecified atom stereocenters. The van der Waals surface area contributed by atoms with E-state index in [1.165, 1.54) is 0 Å². The van der Waals surface area contributed by atoms with Crippen molar-refractivity contribution in [3.8, 4) is 11.5 Å². The zero-order valence-electron chi connectivity index (χ0n) is 12.7. The van der Waals surface area contributed by atoms with E-state index in [-0.39, 0.29) is 0 Å². The summed E-state index contributed by atoms with van der Waals surface area (Å²) >= 11 is 0. The highest BCUT2D eigenvalue weighted by Crippen LogP contribution is 2.31. The van der Waals surface area contributed by atoms with Gasteiger partial charge in [0.25, 0.3) is 0 Å². The van der Waals surface area contributed by atoms with Crippen LogP contribution in [0.5, 0.6) is 0 Å². The molecule has 3 heterocycles. The van der Waals surface area contributed by atoms with Crippen molar-refractivity contribution < 1.29 is 0 Å². The second-order valence-corrected chi connectivity index (χ2v) is 5.71. The largest absolute Gasteiger partial charge is 0.320 e. The summed E-state index contributed by atoms with van der Waals surface area (Å²) in [5.41, 5.74) is 3.71. The molecule has 1 aromatic heterocycles. The molecule has 2 aliphatic heterocycles. The Kier molecular flexibility index (Phi) is 3.01. The molecule has 4 rings (SSSR count). The van der Waals surface area contributed by atoms with Gasteiger partial charge in [-0.05, 0) is 32.3 Å². The topological polar surface area (TPSA) is 46.8 Å². The number of nitrogens with zero attached hydrogens (tertiary/aromatic N) is 5. The van der Waals surface area contributed by atoms with Crippen molar-refractivity contribution in [1.82, 2.24) is 24.4 Å². The van der Waals surface area contributed by atoms with Crippen LogP contribution < -0.4 is 0 Å². The summed E-state index contributed by atoms with van der Waals surface area (Å²) in [7, 11) is 4.16. The lowest BCUT2D eigenvalue weighted by Crippen LogP contribution is -2.20. The minimum Gasteiger partial charge on any atom is -0.320 e. The summed E-state index contributed by atoms with van der Waals surface area (Å²) in [6, 6.07) is 12.1. The fraction of sp³-hybridized carbons (Fsp3) is 0.235. The van der Waals surface area contributed by atoms with Crippen LogP contribution in [0.3, 0.4) is 0 Å². The normalized spacial score (nSPS) is 12.0. The molecular formula is C17H17N5. The van der Waals surface area contributed by atoms with E-state index >= 15 is 0 Å². The van der Waals surface area contributed by atoms with Crippen molar-refractivity contribution in [1.29, 1.82) is 0 Å². The SMILES string of the molecule is CN(C)CCn1c2nc3ccccc3c-2nc2ncccc21. The van der Waals surface area contributed by atoms with E-state index in [1.54, 1.807) is 6.20 Å². The Morgan fingerprint density at radius 2 is 1.91 bits per heavy atom. The van der Waals surface area contributed by atoms with Crippen molar-refractivity contribution in [2.45, 2.75) is 6.54 Å². The van der Waals surface area contributed by atoms with Crippen molar-refractivity contribution in [2.75, 3.05) is 20.6 Å². The van der Waals surface area contributed by atoms with Gasteiger partial charge in [-0.1, -0.05) is 18.2 Å². The van der Waals surface area contributed by atoms with Gasteiger partial charge in [-0.2, -0.15) is 0 Å². The molecule has 0 aliphatic carbocycles. The zero-order valence-corrected chi connectivity index (χ0v) is 12.7. The second-order valence-electron chi connectivity index (χ2n) is 5.71. The lowest BCUT2D eigenvalue weighted by molar-refractivity contribution is 0.386. The van der Waals surface area contributed by atoms with Crippen LogP contribution >= 0.6 is 0 Å². The minimum atomic E-state index is 0.770. The minimum absolute atomic E-state index is 0.770. The van der Waals surface area contributed by atoms with Gasteiger partial charge in [0.15, 0.2) is 11.5 Å². The highest BCUT2D eigenvalue weighted by molar-refractivity contribution is 5.96. The molecule has 0 spiro atoms. The highest BCUT2D eigenvalue weighted by atomic mass is 15.1. The Balaban J connectivity index is 2.05. The van der Waals surface area contributed by atoms with Crippen LogP contribution in [0, 0.1) is 0 Å². The monoisotopic (exact) mass is 291 g/mol. The number of benzene rings is 1. The number of rotatable bonds is 3. The van der Waals surface area contributed by atoms with Crippen molar-refractivity contribution >= 4 is 22.1 Å². The van der Waals surface area contributed by atoms with Crippen molar-refractivity contribution in [3.05, 3.63) is 42.6 Å². The van der Waals surface area contributed by atoms with Crippen LogP contribution in [0.25, 0.3) is 33.6 Å². The molecule has 0 atom stereocenters. The quantitative estimate of drug-likeness (QED) is 0.582. The van der Waals surface area contributed by atoms with Gasteiger partial charge >= 0.3 is 0 Å². The van der Waals surface area contributed by atoms with Crippen molar-refractivity contribution in [2.24, 2.45) is 0 Å². The first-order chi connectivity index (χ1) is 10.7. The van der Waals surface area contributed by atoms with Crippen LogP contribution in [0.2, 0.25) is 0 Å². The standard InChI is InChI=1S/C17H17N5/c1-21(2)10-11-22-14-8-5-9-18-16(14)20-15-12-6-3-4-7-13(12)19-17(15)22/h3-9H,10-11H2,1-2H3. The molecule has 0 fully saturated rings. The van der Waals surface area contributed by atoms with Gasteiger partial charge in [0, 0.05) is 24.7 Å². The highest BCUT2D eigenvalue weighted by Gasteiger charge is 2.19. The number of likely N-dealkylation sites (N-methyl/N-ethyl adjacent to an activating group) is 1. The van der Waals surface area contributed by atoms with Gasteiger partial charge in [-0.25, -0.2) is 15.0 Å². The van der Waals surface area contributed by atoms with Crippen LogP contribution in [0.1, 0.15) is 0 Å². The van der Waals surface area contributed by atoms with Crippen molar-refractivity contribution in [3.63, 3.8) is 0 Å². The first kappa shape index (κ1) is 13.2. The summed E-state index contributed by atoms with van der Waals surface area (Å²) in [5.74, 6) is 0.934. The van der Waals surface area contributed by atoms with E-state index in [9.17, 15) is 0 Å². The summed E-state index contributed by atoms with van der Waals surface area (Å²) in [4.78, 5) is 16.1. The maximum Gasteiger partial charge on any atom is 0.176 e. The Bertz CT molecular complexity index is 925. The molecule has 0 bridgehead atoms. The molecule has 0 saturated carbocycles. The maximum atomic E-state index is 4.80. The summed E-state index contributed by atoms with van der Waals surface area (Å²) in [6.45, 7) is 1.80. The lowest BCUT2D eigenvalue weighted by atomic mass is 10.2. The van der Waals surface area contributed by atoms with Gasteiger partial charge in [0.2, 0.25) is 0 Å². The Morgan fingerprint density at radius 3 is 2.77 bits per heavy atom. The number of hydrogen-bond donors (Lipinski definition) is 0. The Morgan fingerprint density at radius 1 is 1.05 bits per heavy atom. The van der Waals surface area contributed by atoms with E-state index in [2.05, 4.69) is 40.7 Å². The molecule has 2 aliphatic rings. The number of aromatic nitrogens is 4. The van der Waals surface area contributed by atoms with E-state index in [4.69, 9.17) is 9.97 Å². The first-order valence-corrected chi connectivity index (χ1v) is 7.38. The molecule has 5 heteroatoms. The summed E-state index contributed by atoms with van der Waals surface area (Å²) in [5, 5.41) is 1.09. The molecule has 2 aromatic rings. The molecule has 0 N–H and O–H groups in total. The molecular weight excluding hydrogens is 274 g/mol. The van der Waals surface area contributed by atoms with E-state index in [0.717, 1.165) is 46.7 Å². The summed E-state index contributed by atoms with van der Waals surface area (Å²) in [6.07, 6.45) is 1.79. The Labute approximate surface area is 128 Å². The average Bonchev–Trinajstić information content (AvgIpc) is 2.89. The predicted octanol–water partition coefficient (Wildman–Crippen LogP) is 2.65. The lowest BCUT2D eigenvalue weighted by Gasteiger charge is -2.17. The van der Waals surface area contributed by atoms with Crippen LogP contribution in [-0.2, 0) is 6.54 Å². The third-order valence-corrected chi connectivity index (χ3v) is 3.90. The van der Waals surface area contributed by atoms with Gasteiger partial charge in [-0.3, -0.25) is 0 Å². The average molecular weight is 291 g/mol. The predicted molar refractivity (Wildman–Crippen MR) is 88.0 cm³/mol. The smallest absolute Gasteiger partial charge is 0.176 e. The molecule has 5 nitrogen and oxygen atoms in total. The number of fused-ring (bicyclic) bond motifs is 4. The summed E-state index contributed by atoms with van der Waals surface area (Å²) < 4.78 is 2.23. The van der Waals surface area contributed by atoms with E-state index < -0.39 is 0 Å². The second kappa shape index (κ2) is 5.03. The molecule has 110 valence electrons. The van der Waals surface area contributed by atoms with Crippen LogP contribution in [0.4, 0.5) is 0 Å². The molecule has 1 aromatic carbocycles. The molecule has 0 amide bonds. The van der Waals surface area contributed by atoms with Crippen LogP contribution in [-0.4, -0.2) is 45.1 Å². The van der Waals surface area contributed by atoms with E-state index in [1.807, 2.05) is 24.3 Å². The van der Waals surface area contributed by atoms with Gasteiger partial charge in [0.1, 0.15) is 5.69 Å². The fourth-order valence-corrected chi connectivity index (χ4v) is 2.79. The van der Waals surface area contributed by atoms with Gasteiger partial charge in [0.05, 0.1) is 11.0 Å². The van der Waals surface area contributed by atoms with E-state index in [0.29, 0.717) is 0 Å². The number of para-hydroxylation sites is 1. The molecule has 0 saturated heterocycles. The fourth-order valence-electron chi connectivity index (χ4n) is 2.79. The number of hydrogen-bond acceptors (Lipinski definition) is 4.